The number of rotatable bonds is 5. The van der Waals surface area contributed by atoms with Gasteiger partial charge in [-0.2, -0.15) is 11.3 Å². The third-order valence-electron chi connectivity index (χ3n) is 2.46. The molecule has 0 fully saturated rings. The van der Waals surface area contributed by atoms with Crippen molar-refractivity contribution in [2.75, 3.05) is 6.54 Å². The van der Waals surface area contributed by atoms with Crippen LogP contribution in [0.3, 0.4) is 0 Å². The van der Waals surface area contributed by atoms with Crippen molar-refractivity contribution in [3.8, 4) is 0 Å². The van der Waals surface area contributed by atoms with Gasteiger partial charge in [0.1, 0.15) is 0 Å². The lowest BCUT2D eigenvalue weighted by Gasteiger charge is -2.15. The molecule has 1 atom stereocenters. The van der Waals surface area contributed by atoms with Gasteiger partial charge in [0.2, 0.25) is 0 Å². The van der Waals surface area contributed by atoms with Crippen molar-refractivity contribution < 1.29 is 0 Å². The van der Waals surface area contributed by atoms with Gasteiger partial charge in [-0.15, -0.1) is 11.3 Å². The zero-order valence-electron chi connectivity index (χ0n) is 9.07. The van der Waals surface area contributed by atoms with E-state index in [0.717, 1.165) is 13.0 Å². The third-order valence-corrected chi connectivity index (χ3v) is 4.72. The van der Waals surface area contributed by atoms with Crippen molar-refractivity contribution in [1.82, 2.24) is 5.32 Å². The second-order valence-electron chi connectivity index (χ2n) is 3.63. The Morgan fingerprint density at radius 2 is 2.31 bits per heavy atom. The van der Waals surface area contributed by atoms with Crippen LogP contribution in [0.2, 0.25) is 0 Å². The Bertz CT molecular complexity index is 422. The van der Waals surface area contributed by atoms with E-state index in [4.69, 9.17) is 0 Å². The number of hydrogen-bond acceptors (Lipinski definition) is 3. The Kier molecular flexibility index (Phi) is 4.58. The lowest BCUT2D eigenvalue weighted by atomic mass is 10.0. The van der Waals surface area contributed by atoms with E-state index < -0.39 is 0 Å². The van der Waals surface area contributed by atoms with Gasteiger partial charge in [-0.1, -0.05) is 6.92 Å². The molecule has 4 heteroatoms. The van der Waals surface area contributed by atoms with Crippen LogP contribution in [-0.4, -0.2) is 6.54 Å². The predicted octanol–water partition coefficient (Wildman–Crippen LogP) is 4.47. The minimum atomic E-state index is 0.433. The zero-order chi connectivity index (χ0) is 11.4. The van der Waals surface area contributed by atoms with E-state index in [0.29, 0.717) is 6.04 Å². The van der Waals surface area contributed by atoms with Crippen LogP contribution in [0.25, 0.3) is 0 Å². The summed E-state index contributed by atoms with van der Waals surface area (Å²) < 4.78 is 1.20. The van der Waals surface area contributed by atoms with Gasteiger partial charge in [0.15, 0.2) is 0 Å². The van der Waals surface area contributed by atoms with Crippen LogP contribution in [0, 0.1) is 0 Å². The smallest absolute Gasteiger partial charge is 0.0701 e. The molecule has 1 unspecified atom stereocenters. The molecule has 0 aliphatic carbocycles. The molecule has 2 rings (SSSR count). The first-order valence-corrected chi connectivity index (χ1v) is 7.89. The van der Waals surface area contributed by atoms with Crippen LogP contribution >= 0.6 is 38.6 Å². The maximum Gasteiger partial charge on any atom is 0.0701 e. The molecule has 2 aromatic heterocycles. The molecule has 2 heterocycles. The van der Waals surface area contributed by atoms with Crippen molar-refractivity contribution >= 4 is 38.6 Å². The molecule has 16 heavy (non-hydrogen) atoms. The summed E-state index contributed by atoms with van der Waals surface area (Å²) in [6.45, 7) is 3.16. The average Bonchev–Trinajstić information content (AvgIpc) is 2.88. The fourth-order valence-corrected chi connectivity index (χ4v) is 3.62. The van der Waals surface area contributed by atoms with Crippen LogP contribution in [0.15, 0.2) is 32.1 Å². The highest BCUT2D eigenvalue weighted by Crippen LogP contribution is 2.27. The maximum atomic E-state index is 3.54. The fourth-order valence-electron chi connectivity index (χ4n) is 1.70. The van der Waals surface area contributed by atoms with E-state index in [9.17, 15) is 0 Å². The molecule has 0 radical (unpaired) electrons. The highest BCUT2D eigenvalue weighted by atomic mass is 79.9. The van der Waals surface area contributed by atoms with Crippen molar-refractivity contribution in [2.24, 2.45) is 0 Å². The zero-order valence-corrected chi connectivity index (χ0v) is 12.3. The summed E-state index contributed by atoms with van der Waals surface area (Å²) in [6.07, 6.45) is 1.07. The highest BCUT2D eigenvalue weighted by molar-refractivity contribution is 9.11. The molecular weight excluding hydrogens is 302 g/mol. The standard InChI is InChI=1S/C12H14BrNS2/c1-2-14-11(5-9-3-4-15-7-9)10-6-12(13)16-8-10/h3-4,6-8,11,14H,2,5H2,1H3. The number of thiophene rings is 2. The molecule has 0 bridgehead atoms. The van der Waals surface area contributed by atoms with E-state index >= 15 is 0 Å². The lowest BCUT2D eigenvalue weighted by molar-refractivity contribution is 0.552. The molecule has 0 spiro atoms. The molecule has 0 amide bonds. The summed E-state index contributed by atoms with van der Waals surface area (Å²) in [5.41, 5.74) is 2.79. The Hall–Kier alpha value is -0.160. The second-order valence-corrected chi connectivity index (χ2v) is 6.70. The first-order valence-electron chi connectivity index (χ1n) is 5.28. The lowest BCUT2D eigenvalue weighted by Crippen LogP contribution is -2.22. The topological polar surface area (TPSA) is 12.0 Å². The van der Waals surface area contributed by atoms with E-state index in [1.807, 2.05) is 0 Å². The predicted molar refractivity (Wildman–Crippen MR) is 76.5 cm³/mol. The van der Waals surface area contributed by atoms with Gasteiger partial charge in [-0.25, -0.2) is 0 Å². The molecule has 0 saturated carbocycles. The Morgan fingerprint density at radius 1 is 1.44 bits per heavy atom. The first kappa shape index (κ1) is 12.3. The van der Waals surface area contributed by atoms with E-state index in [1.54, 1.807) is 22.7 Å². The van der Waals surface area contributed by atoms with E-state index in [1.165, 1.54) is 14.9 Å². The number of halogens is 1. The Balaban J connectivity index is 2.11. The monoisotopic (exact) mass is 315 g/mol. The van der Waals surface area contributed by atoms with Crippen molar-refractivity contribution in [3.05, 3.63) is 43.2 Å². The number of hydrogen-bond donors (Lipinski definition) is 1. The van der Waals surface area contributed by atoms with Gasteiger partial charge in [0, 0.05) is 6.04 Å². The van der Waals surface area contributed by atoms with Crippen molar-refractivity contribution in [3.63, 3.8) is 0 Å². The summed E-state index contributed by atoms with van der Waals surface area (Å²) in [5, 5.41) is 10.1. The minimum Gasteiger partial charge on any atom is -0.310 e. The quantitative estimate of drug-likeness (QED) is 0.858. The summed E-state index contributed by atoms with van der Waals surface area (Å²) in [6, 6.07) is 4.85. The van der Waals surface area contributed by atoms with Crippen LogP contribution in [0.4, 0.5) is 0 Å². The molecular formula is C12H14BrNS2. The van der Waals surface area contributed by atoms with Crippen LogP contribution < -0.4 is 5.32 Å². The molecule has 0 saturated heterocycles. The molecule has 86 valence electrons. The average molecular weight is 316 g/mol. The van der Waals surface area contributed by atoms with Crippen molar-refractivity contribution in [2.45, 2.75) is 19.4 Å². The van der Waals surface area contributed by atoms with Crippen LogP contribution in [0.5, 0.6) is 0 Å². The van der Waals surface area contributed by atoms with Gasteiger partial charge in [-0.3, -0.25) is 0 Å². The molecule has 0 aliphatic rings. The minimum absolute atomic E-state index is 0.433. The fraction of sp³-hybridized carbons (Fsp3) is 0.333. The molecule has 2 aromatic rings. The maximum absolute atomic E-state index is 3.54. The molecule has 0 aromatic carbocycles. The molecule has 1 nitrogen and oxygen atoms in total. The van der Waals surface area contributed by atoms with E-state index in [2.05, 4.69) is 56.4 Å². The second kappa shape index (κ2) is 5.96. The highest BCUT2D eigenvalue weighted by Gasteiger charge is 2.12. The van der Waals surface area contributed by atoms with Gasteiger partial charge in [0.25, 0.3) is 0 Å². The SMILES string of the molecule is CCNC(Cc1ccsc1)c1csc(Br)c1. The van der Waals surface area contributed by atoms with Gasteiger partial charge in [-0.05, 0) is 68.3 Å². The summed E-state index contributed by atoms with van der Waals surface area (Å²) in [5.74, 6) is 0. The van der Waals surface area contributed by atoms with Gasteiger partial charge < -0.3 is 5.32 Å². The summed E-state index contributed by atoms with van der Waals surface area (Å²) in [4.78, 5) is 0. The van der Waals surface area contributed by atoms with Crippen LogP contribution in [-0.2, 0) is 6.42 Å². The Labute approximate surface area is 113 Å². The summed E-state index contributed by atoms with van der Waals surface area (Å²) in [7, 11) is 0. The first-order chi connectivity index (χ1) is 7.79. The molecule has 1 N–H and O–H groups in total. The number of likely N-dealkylation sites (N-methyl/N-ethyl adjacent to an activating group) is 1. The summed E-state index contributed by atoms with van der Waals surface area (Å²) >= 11 is 7.04. The van der Waals surface area contributed by atoms with Crippen LogP contribution in [0.1, 0.15) is 24.1 Å². The van der Waals surface area contributed by atoms with Gasteiger partial charge >= 0.3 is 0 Å². The van der Waals surface area contributed by atoms with E-state index in [-0.39, 0.29) is 0 Å². The van der Waals surface area contributed by atoms with Gasteiger partial charge in [0.05, 0.1) is 3.79 Å². The Morgan fingerprint density at radius 3 is 2.88 bits per heavy atom. The normalized spacial score (nSPS) is 12.9. The number of nitrogens with one attached hydrogen (secondary N) is 1. The third kappa shape index (κ3) is 3.17. The molecule has 0 aliphatic heterocycles. The largest absolute Gasteiger partial charge is 0.310 e. The van der Waals surface area contributed by atoms with Crippen molar-refractivity contribution in [1.29, 1.82) is 0 Å².